The molecule has 1 fully saturated rings. The maximum Gasteiger partial charge on any atom is 0.0699 e. The van der Waals surface area contributed by atoms with Gasteiger partial charge in [-0.05, 0) is 19.3 Å². The van der Waals surface area contributed by atoms with Crippen LogP contribution in [-0.4, -0.2) is 48.7 Å². The van der Waals surface area contributed by atoms with Gasteiger partial charge in [0, 0.05) is 13.2 Å². The molecule has 4 heteroatoms. The van der Waals surface area contributed by atoms with Gasteiger partial charge in [-0.2, -0.15) is 0 Å². The lowest BCUT2D eigenvalue weighted by molar-refractivity contribution is 0.0126. The lowest BCUT2D eigenvalue weighted by Gasteiger charge is -2.24. The second kappa shape index (κ2) is 6.32. The van der Waals surface area contributed by atoms with Crippen molar-refractivity contribution in [2.75, 3.05) is 26.4 Å². The average Bonchev–Trinajstić information content (AvgIpc) is 2.21. The Kier molecular flexibility index (Phi) is 5.31. The average molecular weight is 189 g/mol. The smallest absolute Gasteiger partial charge is 0.0699 e. The Balaban J connectivity index is 2.09. The summed E-state index contributed by atoms with van der Waals surface area (Å²) in [6.45, 7) is 1.52. The molecule has 0 aromatic rings. The molecule has 78 valence electrons. The summed E-state index contributed by atoms with van der Waals surface area (Å²) in [6.07, 6.45) is 3.71. The van der Waals surface area contributed by atoms with Crippen molar-refractivity contribution in [3.05, 3.63) is 0 Å². The molecule has 0 bridgehead atoms. The highest BCUT2D eigenvalue weighted by Crippen LogP contribution is 2.11. The van der Waals surface area contributed by atoms with Gasteiger partial charge in [0.1, 0.15) is 0 Å². The first-order valence-electron chi connectivity index (χ1n) is 4.93. The van der Waals surface area contributed by atoms with Crippen molar-refractivity contribution < 1.29 is 14.9 Å². The second-order valence-corrected chi connectivity index (χ2v) is 3.46. The van der Waals surface area contributed by atoms with Crippen molar-refractivity contribution in [3.8, 4) is 0 Å². The highest BCUT2D eigenvalue weighted by molar-refractivity contribution is 4.70. The quantitative estimate of drug-likeness (QED) is 0.545. The Labute approximate surface area is 78.9 Å². The molecule has 4 nitrogen and oxygen atoms in total. The normalized spacial score (nSPS) is 23.8. The first kappa shape index (κ1) is 10.9. The third-order valence-corrected chi connectivity index (χ3v) is 2.35. The van der Waals surface area contributed by atoms with Gasteiger partial charge in [-0.25, -0.2) is 0 Å². The van der Waals surface area contributed by atoms with Crippen LogP contribution in [0.3, 0.4) is 0 Å². The van der Waals surface area contributed by atoms with E-state index in [1.165, 1.54) is 6.42 Å². The van der Waals surface area contributed by atoms with Gasteiger partial charge in [-0.3, -0.25) is 0 Å². The highest BCUT2D eigenvalue weighted by atomic mass is 16.5. The van der Waals surface area contributed by atoms with E-state index in [1.807, 2.05) is 0 Å². The fourth-order valence-electron chi connectivity index (χ4n) is 1.45. The fourth-order valence-corrected chi connectivity index (χ4v) is 1.45. The minimum atomic E-state index is -0.203. The summed E-state index contributed by atoms with van der Waals surface area (Å²) in [5.74, 6) is 0. The minimum absolute atomic E-state index is 0.0246. The molecule has 1 heterocycles. The summed E-state index contributed by atoms with van der Waals surface area (Å²) < 4.78 is 5.49. The Morgan fingerprint density at radius 3 is 2.62 bits per heavy atom. The van der Waals surface area contributed by atoms with Crippen molar-refractivity contribution >= 4 is 0 Å². The molecule has 3 N–H and O–H groups in total. The zero-order chi connectivity index (χ0) is 9.52. The minimum Gasteiger partial charge on any atom is -0.395 e. The van der Waals surface area contributed by atoms with Crippen LogP contribution in [0.15, 0.2) is 0 Å². The van der Waals surface area contributed by atoms with Gasteiger partial charge in [0.25, 0.3) is 0 Å². The summed E-state index contributed by atoms with van der Waals surface area (Å²) >= 11 is 0. The van der Waals surface area contributed by atoms with E-state index in [9.17, 15) is 0 Å². The van der Waals surface area contributed by atoms with Gasteiger partial charge < -0.3 is 20.3 Å². The van der Waals surface area contributed by atoms with Crippen molar-refractivity contribution in [2.24, 2.45) is 0 Å². The van der Waals surface area contributed by atoms with E-state index in [0.717, 1.165) is 26.0 Å². The number of aliphatic hydroxyl groups excluding tert-OH is 2. The van der Waals surface area contributed by atoms with E-state index in [-0.39, 0.29) is 25.4 Å². The number of hydrogen-bond donors (Lipinski definition) is 3. The van der Waals surface area contributed by atoms with Gasteiger partial charge in [0.05, 0.1) is 25.4 Å². The molecule has 0 aromatic heterocycles. The van der Waals surface area contributed by atoms with E-state index < -0.39 is 0 Å². The van der Waals surface area contributed by atoms with Crippen LogP contribution in [0.25, 0.3) is 0 Å². The molecule has 0 spiro atoms. The van der Waals surface area contributed by atoms with Crippen LogP contribution >= 0.6 is 0 Å². The van der Waals surface area contributed by atoms with Crippen molar-refractivity contribution in [3.63, 3.8) is 0 Å². The molecule has 1 aliphatic heterocycles. The van der Waals surface area contributed by atoms with Crippen LogP contribution < -0.4 is 5.32 Å². The number of nitrogens with one attached hydrogen (secondary N) is 1. The summed E-state index contributed by atoms with van der Waals surface area (Å²) in [7, 11) is 0. The SMILES string of the molecule is OCC(CO)NCC1CCCCO1. The van der Waals surface area contributed by atoms with Crippen LogP contribution in [0.4, 0.5) is 0 Å². The molecule has 0 saturated carbocycles. The Morgan fingerprint density at radius 1 is 1.31 bits per heavy atom. The van der Waals surface area contributed by atoms with Gasteiger partial charge in [-0.1, -0.05) is 0 Å². The van der Waals surface area contributed by atoms with Crippen molar-refractivity contribution in [2.45, 2.75) is 31.4 Å². The lowest BCUT2D eigenvalue weighted by atomic mass is 10.1. The standard InChI is InChI=1S/C9H19NO3/c11-6-8(7-12)10-5-9-3-1-2-4-13-9/h8-12H,1-7H2. The number of rotatable bonds is 5. The summed E-state index contributed by atoms with van der Waals surface area (Å²) in [5.41, 5.74) is 0. The second-order valence-electron chi connectivity index (χ2n) is 3.46. The largest absolute Gasteiger partial charge is 0.395 e. The van der Waals surface area contributed by atoms with Crippen LogP contribution in [-0.2, 0) is 4.74 Å². The van der Waals surface area contributed by atoms with E-state index in [2.05, 4.69) is 5.32 Å². The zero-order valence-corrected chi connectivity index (χ0v) is 7.91. The van der Waals surface area contributed by atoms with E-state index >= 15 is 0 Å². The molecule has 1 saturated heterocycles. The van der Waals surface area contributed by atoms with E-state index in [0.29, 0.717) is 0 Å². The number of aliphatic hydroxyl groups is 2. The van der Waals surface area contributed by atoms with Crippen molar-refractivity contribution in [1.29, 1.82) is 0 Å². The van der Waals surface area contributed by atoms with Crippen LogP contribution in [0.5, 0.6) is 0 Å². The Hall–Kier alpha value is -0.160. The molecule has 0 aliphatic carbocycles. The molecule has 1 unspecified atom stereocenters. The van der Waals surface area contributed by atoms with Gasteiger partial charge in [0.2, 0.25) is 0 Å². The maximum atomic E-state index is 8.79. The third kappa shape index (κ3) is 4.04. The topological polar surface area (TPSA) is 61.7 Å². The first-order chi connectivity index (χ1) is 6.36. The predicted molar refractivity (Wildman–Crippen MR) is 49.6 cm³/mol. The van der Waals surface area contributed by atoms with Crippen LogP contribution in [0, 0.1) is 0 Å². The number of hydrogen-bond acceptors (Lipinski definition) is 4. The zero-order valence-electron chi connectivity index (χ0n) is 7.91. The summed E-state index contributed by atoms with van der Waals surface area (Å²) in [6, 6.07) is -0.203. The van der Waals surface area contributed by atoms with Crippen LogP contribution in [0.2, 0.25) is 0 Å². The predicted octanol–water partition coefficient (Wildman–Crippen LogP) is -0.502. The molecule has 1 rings (SSSR count). The van der Waals surface area contributed by atoms with Gasteiger partial charge in [0.15, 0.2) is 0 Å². The highest BCUT2D eigenvalue weighted by Gasteiger charge is 2.14. The molecular weight excluding hydrogens is 170 g/mol. The van der Waals surface area contributed by atoms with Crippen molar-refractivity contribution in [1.82, 2.24) is 5.32 Å². The molecule has 0 aromatic carbocycles. The first-order valence-corrected chi connectivity index (χ1v) is 4.93. The Morgan fingerprint density at radius 2 is 2.08 bits per heavy atom. The van der Waals surface area contributed by atoms with E-state index in [4.69, 9.17) is 14.9 Å². The third-order valence-electron chi connectivity index (χ3n) is 2.35. The fraction of sp³-hybridized carbons (Fsp3) is 1.00. The lowest BCUT2D eigenvalue weighted by Crippen LogP contribution is -2.41. The molecule has 1 atom stereocenters. The Bertz CT molecular complexity index is 122. The van der Waals surface area contributed by atoms with Gasteiger partial charge in [-0.15, -0.1) is 0 Å². The van der Waals surface area contributed by atoms with E-state index in [1.54, 1.807) is 0 Å². The maximum absolute atomic E-state index is 8.79. The van der Waals surface area contributed by atoms with Gasteiger partial charge >= 0.3 is 0 Å². The molecule has 0 radical (unpaired) electrons. The molecular formula is C9H19NO3. The molecule has 1 aliphatic rings. The van der Waals surface area contributed by atoms with Crippen LogP contribution in [0.1, 0.15) is 19.3 Å². The summed E-state index contributed by atoms with van der Waals surface area (Å²) in [5, 5.41) is 20.6. The number of ether oxygens (including phenoxy) is 1. The summed E-state index contributed by atoms with van der Waals surface area (Å²) in [4.78, 5) is 0. The molecule has 13 heavy (non-hydrogen) atoms. The molecule has 0 amide bonds. The monoisotopic (exact) mass is 189 g/mol.